The molecule has 0 heterocycles. The lowest BCUT2D eigenvalue weighted by Crippen LogP contribution is -2.35. The molecular formula is C6H7Br2Cl3O2. The third-order valence-corrected chi connectivity index (χ3v) is 4.04. The molecule has 78 valence electrons. The van der Waals surface area contributed by atoms with E-state index >= 15 is 0 Å². The number of ketones is 1. The summed E-state index contributed by atoms with van der Waals surface area (Å²) in [4.78, 5) is 10.6. The second-order valence-electron chi connectivity index (χ2n) is 2.07. The quantitative estimate of drug-likeness (QED) is 0.702. The summed E-state index contributed by atoms with van der Waals surface area (Å²) in [5.74, 6) is -0.562. The Morgan fingerprint density at radius 2 is 1.92 bits per heavy atom. The molecule has 0 aromatic carbocycles. The first-order valence-electron chi connectivity index (χ1n) is 3.31. The SMILES string of the molecule is CCO[C@@H](Br)[C@@H](Br)C(=O)C(Cl)(Cl)Cl. The lowest BCUT2D eigenvalue weighted by molar-refractivity contribution is -0.118. The Bertz CT molecular complexity index is 183. The fourth-order valence-corrected chi connectivity index (χ4v) is 2.27. The van der Waals surface area contributed by atoms with Crippen molar-refractivity contribution < 1.29 is 9.53 Å². The van der Waals surface area contributed by atoms with Crippen LogP contribution >= 0.6 is 66.7 Å². The molecule has 2 nitrogen and oxygen atoms in total. The lowest BCUT2D eigenvalue weighted by Gasteiger charge is -2.19. The summed E-state index contributed by atoms with van der Waals surface area (Å²) in [7, 11) is 0. The van der Waals surface area contributed by atoms with Crippen LogP contribution in [0.4, 0.5) is 0 Å². The molecule has 0 aliphatic heterocycles. The Hall–Kier alpha value is 1.46. The third-order valence-electron chi connectivity index (χ3n) is 1.09. The molecule has 0 fully saturated rings. The van der Waals surface area contributed by atoms with Crippen molar-refractivity contribution in [2.75, 3.05) is 6.61 Å². The predicted octanol–water partition coefficient (Wildman–Crippen LogP) is 3.45. The van der Waals surface area contributed by atoms with Crippen LogP contribution in [0.3, 0.4) is 0 Å². The van der Waals surface area contributed by atoms with E-state index in [4.69, 9.17) is 39.5 Å². The van der Waals surface area contributed by atoms with Crippen LogP contribution in [0, 0.1) is 0 Å². The van der Waals surface area contributed by atoms with Crippen molar-refractivity contribution in [1.29, 1.82) is 0 Å². The molecule has 2 atom stereocenters. The molecule has 0 rings (SSSR count). The number of hydrogen-bond donors (Lipinski definition) is 0. The Kier molecular flexibility index (Phi) is 6.82. The maximum atomic E-state index is 11.3. The monoisotopic (exact) mass is 374 g/mol. The smallest absolute Gasteiger partial charge is 0.250 e. The van der Waals surface area contributed by atoms with Crippen LogP contribution in [-0.2, 0) is 9.53 Å². The van der Waals surface area contributed by atoms with Crippen molar-refractivity contribution in [1.82, 2.24) is 0 Å². The van der Waals surface area contributed by atoms with Crippen LogP contribution in [0.15, 0.2) is 0 Å². The molecule has 0 aliphatic carbocycles. The predicted molar refractivity (Wildman–Crippen MR) is 62.4 cm³/mol. The van der Waals surface area contributed by atoms with E-state index in [2.05, 4.69) is 31.9 Å². The minimum Gasteiger partial charge on any atom is -0.366 e. The molecule has 0 amide bonds. The highest BCUT2D eigenvalue weighted by molar-refractivity contribution is 9.12. The molecular weight excluding hydrogens is 370 g/mol. The van der Waals surface area contributed by atoms with E-state index < -0.39 is 19.4 Å². The second-order valence-corrected chi connectivity index (χ2v) is 6.24. The van der Waals surface area contributed by atoms with E-state index in [1.54, 1.807) is 6.92 Å². The number of rotatable bonds is 4. The van der Waals surface area contributed by atoms with Crippen molar-refractivity contribution in [2.45, 2.75) is 20.6 Å². The summed E-state index contributed by atoms with van der Waals surface area (Å²) in [6, 6.07) is 0. The van der Waals surface area contributed by atoms with Gasteiger partial charge in [-0.3, -0.25) is 4.79 Å². The van der Waals surface area contributed by atoms with Gasteiger partial charge in [-0.15, -0.1) is 0 Å². The van der Waals surface area contributed by atoms with Crippen LogP contribution in [0.1, 0.15) is 6.92 Å². The molecule has 0 radical (unpaired) electrons. The molecule has 0 aromatic heterocycles. The van der Waals surface area contributed by atoms with Crippen LogP contribution in [0.5, 0.6) is 0 Å². The fourth-order valence-electron chi connectivity index (χ4n) is 0.519. The maximum Gasteiger partial charge on any atom is 0.250 e. The lowest BCUT2D eigenvalue weighted by atomic mass is 10.3. The Balaban J connectivity index is 4.26. The number of hydrogen-bond acceptors (Lipinski definition) is 2. The van der Waals surface area contributed by atoms with Gasteiger partial charge in [-0.1, -0.05) is 66.7 Å². The minimum absolute atomic E-state index is 0.463. The summed E-state index contributed by atoms with van der Waals surface area (Å²) in [6.45, 7) is 2.26. The van der Waals surface area contributed by atoms with E-state index in [-0.39, 0.29) is 0 Å². The van der Waals surface area contributed by atoms with Gasteiger partial charge in [0.1, 0.15) is 9.84 Å². The number of Topliss-reactive ketones (excluding diaryl/α,β-unsaturated/α-hetero) is 1. The van der Waals surface area contributed by atoms with E-state index in [0.29, 0.717) is 6.61 Å². The number of alkyl halides is 5. The molecule has 0 saturated heterocycles. The zero-order chi connectivity index (χ0) is 10.6. The van der Waals surface area contributed by atoms with Gasteiger partial charge >= 0.3 is 0 Å². The Morgan fingerprint density at radius 3 is 2.23 bits per heavy atom. The van der Waals surface area contributed by atoms with Crippen molar-refractivity contribution in [3.8, 4) is 0 Å². The van der Waals surface area contributed by atoms with Crippen molar-refractivity contribution >= 4 is 72.4 Å². The minimum atomic E-state index is -1.92. The molecule has 0 saturated carbocycles. The van der Waals surface area contributed by atoms with Gasteiger partial charge in [0.2, 0.25) is 9.58 Å². The summed E-state index contributed by atoms with van der Waals surface area (Å²) in [6.07, 6.45) is 0. The molecule has 7 heteroatoms. The number of halogens is 5. The van der Waals surface area contributed by atoms with Crippen LogP contribution in [-0.4, -0.2) is 26.0 Å². The van der Waals surface area contributed by atoms with Gasteiger partial charge in [-0.25, -0.2) is 0 Å². The third kappa shape index (κ3) is 5.19. The second kappa shape index (κ2) is 6.13. The van der Waals surface area contributed by atoms with E-state index in [9.17, 15) is 4.79 Å². The van der Waals surface area contributed by atoms with Crippen LogP contribution in [0.25, 0.3) is 0 Å². The zero-order valence-electron chi connectivity index (χ0n) is 6.57. The van der Waals surface area contributed by atoms with Crippen molar-refractivity contribution in [3.63, 3.8) is 0 Å². The first kappa shape index (κ1) is 14.5. The summed E-state index contributed by atoms with van der Waals surface area (Å²) in [5, 5.41) is -0.499. The number of carbonyl (C=O) groups is 1. The topological polar surface area (TPSA) is 26.3 Å². The first-order valence-corrected chi connectivity index (χ1v) is 6.28. The highest BCUT2D eigenvalue weighted by Gasteiger charge is 2.38. The van der Waals surface area contributed by atoms with Gasteiger partial charge in [-0.2, -0.15) is 0 Å². The maximum absolute atomic E-state index is 11.3. The average Bonchev–Trinajstić information content (AvgIpc) is 2.00. The normalized spacial score (nSPS) is 16.8. The van der Waals surface area contributed by atoms with Gasteiger partial charge in [0.05, 0.1) is 0 Å². The number of carbonyl (C=O) groups excluding carboxylic acids is 1. The van der Waals surface area contributed by atoms with Crippen LogP contribution < -0.4 is 0 Å². The Morgan fingerprint density at radius 1 is 1.46 bits per heavy atom. The zero-order valence-corrected chi connectivity index (χ0v) is 12.0. The summed E-state index contributed by atoms with van der Waals surface area (Å²) in [5.41, 5.74) is 0. The Labute approximate surface area is 108 Å². The molecule has 13 heavy (non-hydrogen) atoms. The van der Waals surface area contributed by atoms with E-state index in [1.807, 2.05) is 0 Å². The average molecular weight is 377 g/mol. The fraction of sp³-hybridized carbons (Fsp3) is 0.833. The van der Waals surface area contributed by atoms with Crippen LogP contribution in [0.2, 0.25) is 0 Å². The summed E-state index contributed by atoms with van der Waals surface area (Å²) >= 11 is 22.4. The van der Waals surface area contributed by atoms with Gasteiger partial charge in [0, 0.05) is 6.61 Å². The first-order chi connectivity index (χ1) is 5.80. The highest BCUT2D eigenvalue weighted by atomic mass is 79.9. The largest absolute Gasteiger partial charge is 0.366 e. The van der Waals surface area contributed by atoms with Gasteiger partial charge in [-0.05, 0) is 6.92 Å². The van der Waals surface area contributed by atoms with Gasteiger partial charge in [0.15, 0.2) is 0 Å². The number of ether oxygens (including phenoxy) is 1. The van der Waals surface area contributed by atoms with Gasteiger partial charge < -0.3 is 4.74 Å². The van der Waals surface area contributed by atoms with E-state index in [1.165, 1.54) is 0 Å². The standard InChI is InChI=1S/C6H7Br2Cl3O2/c1-2-13-5(8)3(7)4(12)6(9,10)11/h3,5H,2H2,1H3/t3-,5+/m0/s1. The molecule has 0 unspecified atom stereocenters. The molecule has 0 N–H and O–H groups in total. The van der Waals surface area contributed by atoms with Gasteiger partial charge in [0.25, 0.3) is 0 Å². The highest BCUT2D eigenvalue weighted by Crippen LogP contribution is 2.32. The molecule has 0 spiro atoms. The molecule has 0 aliphatic rings. The summed E-state index contributed by atoms with van der Waals surface area (Å²) < 4.78 is 3.17. The van der Waals surface area contributed by atoms with Crippen molar-refractivity contribution in [2.24, 2.45) is 0 Å². The van der Waals surface area contributed by atoms with Crippen molar-refractivity contribution in [3.05, 3.63) is 0 Å². The van der Waals surface area contributed by atoms with E-state index in [0.717, 1.165) is 0 Å². The molecule has 0 aromatic rings. The molecule has 0 bridgehead atoms.